The highest BCUT2D eigenvalue weighted by molar-refractivity contribution is 7.80. The molecule has 4 aliphatic carbocycles. The Bertz CT molecular complexity index is 969. The Morgan fingerprint density at radius 3 is 2.37 bits per heavy atom. The summed E-state index contributed by atoms with van der Waals surface area (Å²) >= 11 is 0. The molecule has 3 saturated carbocycles. The van der Waals surface area contributed by atoms with Crippen molar-refractivity contribution in [2.45, 2.75) is 112 Å². The van der Waals surface area contributed by atoms with Gasteiger partial charge in [-0.15, -0.1) is 0 Å². The monoisotopic (exact) mass is 506 g/mol. The lowest BCUT2D eigenvalue weighted by molar-refractivity contribution is -0.114. The zero-order valence-electron chi connectivity index (χ0n) is 23.3. The molecule has 4 aliphatic rings. The average molecular weight is 507 g/mol. The Morgan fingerprint density at radius 2 is 1.74 bits per heavy atom. The van der Waals surface area contributed by atoms with Gasteiger partial charge in [0.1, 0.15) is 0 Å². The largest absolute Gasteiger partial charge is 0.397 e. The molecule has 10 atom stereocenters. The van der Waals surface area contributed by atoms with Gasteiger partial charge < -0.3 is 0 Å². The fourth-order valence-electron chi connectivity index (χ4n) is 9.67. The van der Waals surface area contributed by atoms with Crippen LogP contribution in [0, 0.1) is 51.8 Å². The molecule has 0 saturated heterocycles. The van der Waals surface area contributed by atoms with Crippen molar-refractivity contribution >= 4 is 10.4 Å². The van der Waals surface area contributed by atoms with Gasteiger partial charge in [0.05, 0.1) is 6.10 Å². The smallest absolute Gasteiger partial charge is 0.264 e. The minimum atomic E-state index is -4.40. The van der Waals surface area contributed by atoms with Gasteiger partial charge in [0.25, 0.3) is 0 Å². The summed E-state index contributed by atoms with van der Waals surface area (Å²) in [5.74, 6) is 4.12. The van der Waals surface area contributed by atoms with Crippen LogP contribution < -0.4 is 0 Å². The summed E-state index contributed by atoms with van der Waals surface area (Å²) in [5.41, 5.74) is 3.54. The van der Waals surface area contributed by atoms with Crippen LogP contribution in [0.3, 0.4) is 0 Å². The van der Waals surface area contributed by atoms with Gasteiger partial charge in [0, 0.05) is 0 Å². The molecule has 0 aromatic heterocycles. The lowest BCUT2D eigenvalue weighted by atomic mass is 9.42. The van der Waals surface area contributed by atoms with Crippen molar-refractivity contribution in [2.75, 3.05) is 0 Å². The van der Waals surface area contributed by atoms with Crippen LogP contribution in [-0.4, -0.2) is 19.1 Å². The number of hydrogen-bond acceptors (Lipinski definition) is 3. The molecule has 3 fully saturated rings. The van der Waals surface area contributed by atoms with E-state index in [4.69, 9.17) is 4.18 Å². The molecule has 35 heavy (non-hydrogen) atoms. The van der Waals surface area contributed by atoms with Crippen molar-refractivity contribution in [3.05, 3.63) is 23.8 Å². The Hall–Kier alpha value is -0.650. The van der Waals surface area contributed by atoms with Crippen LogP contribution in [0.2, 0.25) is 0 Å². The topological polar surface area (TPSA) is 63.6 Å². The SMILES string of the molecule is C=C(C)C(C)C(C)C[C@@H](C)[C@H]1CC[C@@]2(C)C3CC=C4C[C@@H](OS(=O)(=O)O)CC[C@]4(C)C3CC[C@]12C. The van der Waals surface area contributed by atoms with Crippen LogP contribution in [0.5, 0.6) is 0 Å². The summed E-state index contributed by atoms with van der Waals surface area (Å²) in [6.45, 7) is 21.4. The molecule has 0 aromatic rings. The first-order chi connectivity index (χ1) is 16.1. The van der Waals surface area contributed by atoms with E-state index in [-0.39, 0.29) is 5.41 Å². The summed E-state index contributed by atoms with van der Waals surface area (Å²) < 4.78 is 36.8. The van der Waals surface area contributed by atoms with E-state index in [0.29, 0.717) is 47.3 Å². The van der Waals surface area contributed by atoms with Gasteiger partial charge in [0.15, 0.2) is 0 Å². The highest BCUT2D eigenvalue weighted by Crippen LogP contribution is 2.72. The van der Waals surface area contributed by atoms with Crippen molar-refractivity contribution in [1.29, 1.82) is 0 Å². The fourth-order valence-corrected chi connectivity index (χ4v) is 10.2. The van der Waals surface area contributed by atoms with E-state index in [1.807, 2.05) is 0 Å². The van der Waals surface area contributed by atoms with E-state index in [1.165, 1.54) is 43.3 Å². The summed E-state index contributed by atoms with van der Waals surface area (Å²) in [4.78, 5) is 0. The third kappa shape index (κ3) is 4.61. The summed E-state index contributed by atoms with van der Waals surface area (Å²) in [6.07, 6.45) is 11.9. The predicted octanol–water partition coefficient (Wildman–Crippen LogP) is 8.02. The first-order valence-electron chi connectivity index (χ1n) is 14.1. The Balaban J connectivity index is 1.54. The lowest BCUT2D eigenvalue weighted by Crippen LogP contribution is -2.55. The van der Waals surface area contributed by atoms with Crippen LogP contribution in [0.1, 0.15) is 106 Å². The van der Waals surface area contributed by atoms with Crippen molar-refractivity contribution in [2.24, 2.45) is 51.8 Å². The molecule has 0 bridgehead atoms. The summed E-state index contributed by atoms with van der Waals surface area (Å²) in [6, 6.07) is 0. The fraction of sp³-hybridized carbons (Fsp3) is 0.867. The molecule has 5 heteroatoms. The number of hydrogen-bond donors (Lipinski definition) is 1. The van der Waals surface area contributed by atoms with Crippen LogP contribution in [0.25, 0.3) is 0 Å². The van der Waals surface area contributed by atoms with E-state index in [0.717, 1.165) is 24.7 Å². The minimum absolute atomic E-state index is 0.126. The molecule has 0 spiro atoms. The molecule has 200 valence electrons. The number of fused-ring (bicyclic) bond motifs is 5. The van der Waals surface area contributed by atoms with Crippen molar-refractivity contribution in [3.8, 4) is 0 Å². The molecule has 0 aliphatic heterocycles. The molecule has 4 unspecified atom stereocenters. The van der Waals surface area contributed by atoms with E-state index in [9.17, 15) is 13.0 Å². The van der Waals surface area contributed by atoms with Gasteiger partial charge in [-0.25, -0.2) is 4.18 Å². The quantitative estimate of drug-likeness (QED) is 0.280. The Labute approximate surface area is 215 Å². The normalized spacial score (nSPS) is 43.8. The summed E-state index contributed by atoms with van der Waals surface area (Å²) in [5, 5.41) is 0. The zero-order valence-corrected chi connectivity index (χ0v) is 24.1. The third-order valence-electron chi connectivity index (χ3n) is 12.3. The molecule has 0 radical (unpaired) electrons. The molecule has 0 aromatic carbocycles. The van der Waals surface area contributed by atoms with E-state index in [2.05, 4.69) is 61.1 Å². The lowest BCUT2D eigenvalue weighted by Gasteiger charge is -2.63. The van der Waals surface area contributed by atoms with Gasteiger partial charge in [-0.05, 0) is 116 Å². The number of rotatable bonds is 7. The van der Waals surface area contributed by atoms with Crippen LogP contribution in [0.4, 0.5) is 0 Å². The maximum absolute atomic E-state index is 11.3. The van der Waals surface area contributed by atoms with Crippen LogP contribution in [0.15, 0.2) is 23.8 Å². The molecule has 4 rings (SSSR count). The summed E-state index contributed by atoms with van der Waals surface area (Å²) in [7, 11) is -4.40. The highest BCUT2D eigenvalue weighted by atomic mass is 32.3. The predicted molar refractivity (Wildman–Crippen MR) is 143 cm³/mol. The van der Waals surface area contributed by atoms with Crippen LogP contribution in [-0.2, 0) is 14.6 Å². The second-order valence-electron chi connectivity index (χ2n) is 13.8. The van der Waals surface area contributed by atoms with E-state index < -0.39 is 16.5 Å². The Morgan fingerprint density at radius 1 is 1.09 bits per heavy atom. The molecule has 1 N–H and O–H groups in total. The van der Waals surface area contributed by atoms with Gasteiger partial charge in [-0.1, -0.05) is 65.3 Å². The van der Waals surface area contributed by atoms with Gasteiger partial charge in [0.2, 0.25) is 0 Å². The zero-order chi connectivity index (χ0) is 26.0. The number of allylic oxidation sites excluding steroid dienone is 2. The second-order valence-corrected chi connectivity index (χ2v) is 14.9. The van der Waals surface area contributed by atoms with E-state index >= 15 is 0 Å². The van der Waals surface area contributed by atoms with Gasteiger partial charge in [-0.3, -0.25) is 4.55 Å². The van der Waals surface area contributed by atoms with Gasteiger partial charge in [-0.2, -0.15) is 8.42 Å². The second kappa shape index (κ2) is 9.27. The molecular weight excluding hydrogens is 456 g/mol. The maximum Gasteiger partial charge on any atom is 0.397 e. The maximum atomic E-state index is 11.3. The molecule has 0 amide bonds. The molecule has 4 nitrogen and oxygen atoms in total. The minimum Gasteiger partial charge on any atom is -0.264 e. The average Bonchev–Trinajstić information content (AvgIpc) is 3.03. The standard InChI is InChI=1S/C30H50O4S/c1-19(2)22(5)20(3)17-21(4)25-12-15-30(8)27-10-9-23-18-24(34-35(31,32)33)11-14-28(23,6)26(27)13-16-29(25,30)7/h9,20-22,24-27H,1,10-18H2,2-8H3,(H,31,32,33)/t20?,21-,22?,24+,25-,26?,27?,28+,29-,30+/m1/s1. The first kappa shape index (κ1) is 27.4. The van der Waals surface area contributed by atoms with Crippen molar-refractivity contribution in [3.63, 3.8) is 0 Å². The first-order valence-corrected chi connectivity index (χ1v) is 15.5. The molecular formula is C30H50O4S. The highest BCUT2D eigenvalue weighted by Gasteiger charge is 2.64. The Kier molecular flexibility index (Phi) is 7.26. The van der Waals surface area contributed by atoms with Crippen molar-refractivity contribution in [1.82, 2.24) is 0 Å². The van der Waals surface area contributed by atoms with Crippen LogP contribution >= 0.6 is 0 Å². The van der Waals surface area contributed by atoms with Gasteiger partial charge >= 0.3 is 10.4 Å². The van der Waals surface area contributed by atoms with Crippen molar-refractivity contribution < 1.29 is 17.2 Å². The third-order valence-corrected chi connectivity index (χ3v) is 12.8. The molecule has 0 heterocycles. The van der Waals surface area contributed by atoms with E-state index in [1.54, 1.807) is 0 Å².